The van der Waals surface area contributed by atoms with Gasteiger partial charge in [-0.3, -0.25) is 0 Å². The third-order valence-electron chi connectivity index (χ3n) is 3.28. The van der Waals surface area contributed by atoms with Crippen molar-refractivity contribution in [2.45, 2.75) is 42.9 Å². The van der Waals surface area contributed by atoms with Crippen LogP contribution in [0.25, 0.3) is 0 Å². The van der Waals surface area contributed by atoms with Crippen molar-refractivity contribution < 1.29 is 23.0 Å². The van der Waals surface area contributed by atoms with Crippen LogP contribution in [0.5, 0.6) is 0 Å². The molecule has 2 nitrogen and oxygen atoms in total. The van der Waals surface area contributed by atoms with Gasteiger partial charge in [0.15, 0.2) is 5.79 Å². The number of hydrogen-bond acceptors (Lipinski definition) is 3. The van der Waals surface area contributed by atoms with Gasteiger partial charge in [-0.25, -0.2) is 0 Å². The summed E-state index contributed by atoms with van der Waals surface area (Å²) in [5.41, 5.74) is -2.40. The van der Waals surface area contributed by atoms with Crippen LogP contribution in [0.4, 0.5) is 13.2 Å². The minimum Gasteiger partial charge on any atom is -0.362 e. The number of ether oxygens (including phenoxy) is 1. The Kier molecular flexibility index (Phi) is 4.70. The summed E-state index contributed by atoms with van der Waals surface area (Å²) in [6, 6.07) is 4.68. The molecule has 1 aliphatic carbocycles. The van der Waals surface area contributed by atoms with Crippen LogP contribution in [0, 0.1) is 0 Å². The quantitative estimate of drug-likeness (QED) is 0.508. The van der Waals surface area contributed by atoms with E-state index in [0.29, 0.717) is 12.0 Å². The molecule has 1 unspecified atom stereocenters. The number of allylic oxidation sites excluding steroid dienone is 1. The maximum Gasteiger partial charge on any atom is 0.446 e. The summed E-state index contributed by atoms with van der Waals surface area (Å²) in [6.07, 6.45) is 2.57. The molecule has 0 amide bonds. The molecule has 6 heteroatoms. The standard InChI is InChI=1S/C15H17F3O2S/c1-10(2)7-9-20-14(19)8-6-11-4-3-5-12(13(11)14)21-15(16,17)18/h3-5,7,19H,6,8-9H2,1-2H3. The SMILES string of the molecule is CC(C)=CCOC1(O)CCc2cccc(SC(F)(F)F)c21. The Morgan fingerprint density at radius 3 is 2.76 bits per heavy atom. The first-order valence-corrected chi connectivity index (χ1v) is 7.41. The predicted octanol–water partition coefficient (Wildman–Crippen LogP) is 4.37. The fraction of sp³-hybridized carbons (Fsp3) is 0.467. The average Bonchev–Trinajstić information content (AvgIpc) is 2.66. The molecule has 1 aliphatic rings. The Balaban J connectivity index is 2.30. The summed E-state index contributed by atoms with van der Waals surface area (Å²) >= 11 is -0.207. The maximum atomic E-state index is 12.7. The van der Waals surface area contributed by atoms with Crippen LogP contribution in [-0.4, -0.2) is 17.2 Å². The largest absolute Gasteiger partial charge is 0.446 e. The summed E-state index contributed by atoms with van der Waals surface area (Å²) in [4.78, 5) is 0.0113. The van der Waals surface area contributed by atoms with E-state index in [4.69, 9.17) is 4.74 Å². The van der Waals surface area contributed by atoms with Crippen LogP contribution in [0.15, 0.2) is 34.7 Å². The lowest BCUT2D eigenvalue weighted by molar-refractivity contribution is -0.204. The Morgan fingerprint density at radius 2 is 2.14 bits per heavy atom. The molecule has 1 aromatic rings. The van der Waals surface area contributed by atoms with Crippen LogP contribution in [0.2, 0.25) is 0 Å². The molecule has 0 radical (unpaired) electrons. The fourth-order valence-electron chi connectivity index (χ4n) is 2.36. The van der Waals surface area contributed by atoms with Gasteiger partial charge in [-0.2, -0.15) is 13.2 Å². The molecule has 0 saturated heterocycles. The number of hydrogen-bond donors (Lipinski definition) is 1. The van der Waals surface area contributed by atoms with Crippen LogP contribution in [-0.2, 0) is 16.9 Å². The molecule has 0 spiro atoms. The van der Waals surface area contributed by atoms with E-state index in [0.717, 1.165) is 5.57 Å². The van der Waals surface area contributed by atoms with Gasteiger partial charge in [-0.05, 0) is 43.7 Å². The number of halogens is 3. The Bertz CT molecular complexity index is 550. The highest BCUT2D eigenvalue weighted by Gasteiger charge is 2.42. The number of aryl methyl sites for hydroxylation is 1. The average molecular weight is 318 g/mol. The molecule has 0 aromatic heterocycles. The lowest BCUT2D eigenvalue weighted by atomic mass is 10.1. The van der Waals surface area contributed by atoms with Crippen molar-refractivity contribution in [1.29, 1.82) is 0 Å². The van der Waals surface area contributed by atoms with Crippen LogP contribution in [0.3, 0.4) is 0 Å². The summed E-state index contributed by atoms with van der Waals surface area (Å²) in [5, 5.41) is 10.6. The molecule has 21 heavy (non-hydrogen) atoms. The molecule has 0 saturated carbocycles. The second kappa shape index (κ2) is 6.02. The molecule has 0 aliphatic heterocycles. The maximum absolute atomic E-state index is 12.7. The Labute approximate surface area is 126 Å². The van der Waals surface area contributed by atoms with Gasteiger partial charge >= 0.3 is 5.51 Å². The third kappa shape index (κ3) is 4.02. The zero-order valence-electron chi connectivity index (χ0n) is 11.8. The lowest BCUT2D eigenvalue weighted by Gasteiger charge is -2.26. The number of rotatable bonds is 4. The monoisotopic (exact) mass is 318 g/mol. The van der Waals surface area contributed by atoms with Crippen molar-refractivity contribution in [3.05, 3.63) is 41.0 Å². The van der Waals surface area contributed by atoms with Gasteiger partial charge in [-0.1, -0.05) is 23.8 Å². The highest BCUT2D eigenvalue weighted by molar-refractivity contribution is 8.00. The molecule has 116 valence electrons. The van der Waals surface area contributed by atoms with Crippen molar-refractivity contribution in [3.63, 3.8) is 0 Å². The predicted molar refractivity (Wildman–Crippen MR) is 76.0 cm³/mol. The Morgan fingerprint density at radius 1 is 1.43 bits per heavy atom. The topological polar surface area (TPSA) is 29.5 Å². The number of thioether (sulfide) groups is 1. The van der Waals surface area contributed by atoms with E-state index < -0.39 is 11.3 Å². The van der Waals surface area contributed by atoms with Gasteiger partial charge in [-0.15, -0.1) is 0 Å². The van der Waals surface area contributed by atoms with Crippen molar-refractivity contribution in [2.75, 3.05) is 6.61 Å². The molecular formula is C15H17F3O2S. The number of benzene rings is 1. The summed E-state index contributed by atoms with van der Waals surface area (Å²) < 4.78 is 43.4. The van der Waals surface area contributed by atoms with E-state index in [1.54, 1.807) is 18.2 Å². The highest BCUT2D eigenvalue weighted by Crippen LogP contribution is 2.47. The summed E-state index contributed by atoms with van der Waals surface area (Å²) in [6.45, 7) is 3.95. The van der Waals surface area contributed by atoms with Gasteiger partial charge in [0.05, 0.1) is 6.61 Å². The second-order valence-corrected chi connectivity index (χ2v) is 6.32. The smallest absolute Gasteiger partial charge is 0.362 e. The molecule has 2 rings (SSSR count). The minimum atomic E-state index is -4.39. The number of alkyl halides is 3. The van der Waals surface area contributed by atoms with Crippen molar-refractivity contribution in [2.24, 2.45) is 0 Å². The van der Waals surface area contributed by atoms with Crippen LogP contribution < -0.4 is 0 Å². The number of aliphatic hydroxyl groups is 1. The highest BCUT2D eigenvalue weighted by atomic mass is 32.2. The third-order valence-corrected chi connectivity index (χ3v) is 4.07. The second-order valence-electron chi connectivity index (χ2n) is 5.21. The molecule has 1 aromatic carbocycles. The minimum absolute atomic E-state index is 0.0113. The zero-order valence-corrected chi connectivity index (χ0v) is 12.6. The molecule has 0 heterocycles. The van der Waals surface area contributed by atoms with E-state index in [1.165, 1.54) is 6.07 Å². The van der Waals surface area contributed by atoms with Gasteiger partial charge in [0.2, 0.25) is 0 Å². The summed E-state index contributed by atoms with van der Waals surface area (Å²) in [7, 11) is 0. The molecule has 0 bridgehead atoms. The van der Waals surface area contributed by atoms with E-state index >= 15 is 0 Å². The van der Waals surface area contributed by atoms with Gasteiger partial charge in [0.1, 0.15) is 0 Å². The number of fused-ring (bicyclic) bond motifs is 1. The van der Waals surface area contributed by atoms with Crippen molar-refractivity contribution in [1.82, 2.24) is 0 Å². The summed E-state index contributed by atoms with van der Waals surface area (Å²) in [5.74, 6) is -1.64. The van der Waals surface area contributed by atoms with E-state index in [2.05, 4.69) is 0 Å². The van der Waals surface area contributed by atoms with Crippen molar-refractivity contribution in [3.8, 4) is 0 Å². The van der Waals surface area contributed by atoms with Gasteiger partial charge < -0.3 is 9.84 Å². The lowest BCUT2D eigenvalue weighted by Crippen LogP contribution is -2.27. The van der Waals surface area contributed by atoms with Crippen molar-refractivity contribution >= 4 is 11.8 Å². The molecule has 0 fully saturated rings. The Hall–Kier alpha value is -0.980. The van der Waals surface area contributed by atoms with E-state index in [1.807, 2.05) is 13.8 Å². The van der Waals surface area contributed by atoms with Gasteiger partial charge in [0, 0.05) is 16.9 Å². The first kappa shape index (κ1) is 16.4. The first-order valence-electron chi connectivity index (χ1n) is 6.59. The molecule has 1 N–H and O–H groups in total. The molecular weight excluding hydrogens is 301 g/mol. The van der Waals surface area contributed by atoms with Crippen LogP contribution in [0.1, 0.15) is 31.4 Å². The van der Waals surface area contributed by atoms with Gasteiger partial charge in [0.25, 0.3) is 0 Å². The molecule has 1 atom stereocenters. The van der Waals surface area contributed by atoms with Crippen LogP contribution >= 0.6 is 11.8 Å². The van der Waals surface area contributed by atoms with E-state index in [9.17, 15) is 18.3 Å². The zero-order chi connectivity index (χ0) is 15.7. The van der Waals surface area contributed by atoms with E-state index in [-0.39, 0.29) is 35.2 Å². The first-order chi connectivity index (χ1) is 9.71. The normalized spacial score (nSPS) is 21.2. The fourth-order valence-corrected chi connectivity index (χ4v) is 3.15.